The average molecular weight is 794 g/mol. The van der Waals surface area contributed by atoms with Crippen molar-refractivity contribution in [2.24, 2.45) is 0 Å². The van der Waals surface area contributed by atoms with Gasteiger partial charge in [-0.15, -0.1) is 10.2 Å². The zero-order valence-corrected chi connectivity index (χ0v) is 34.3. The van der Waals surface area contributed by atoms with Crippen molar-refractivity contribution in [3.05, 3.63) is 94.6 Å². The number of ether oxygens (including phenoxy) is 2. The maximum Gasteiger partial charge on any atom is 0.320 e. The van der Waals surface area contributed by atoms with Crippen molar-refractivity contribution in [2.75, 3.05) is 49.5 Å². The molecule has 3 aliphatic carbocycles. The summed E-state index contributed by atoms with van der Waals surface area (Å²) >= 11 is 6.70. The number of allylic oxidation sites excluding steroid dienone is 7. The lowest BCUT2D eigenvalue weighted by Crippen LogP contribution is -2.43. The summed E-state index contributed by atoms with van der Waals surface area (Å²) in [5.74, 6) is 2.90. The summed E-state index contributed by atoms with van der Waals surface area (Å²) in [4.78, 5) is 18.7. The van der Waals surface area contributed by atoms with Crippen LogP contribution in [-0.4, -0.2) is 86.8 Å². The molecule has 5 heterocycles. The molecule has 12 nitrogen and oxygen atoms in total. The molecule has 302 valence electrons. The first kappa shape index (κ1) is 39.0. The number of rotatable bonds is 10. The molecule has 0 unspecified atom stereocenters. The first-order valence-electron chi connectivity index (χ1n) is 20.8. The molecule has 0 aromatic carbocycles. The minimum absolute atomic E-state index is 0.174. The Bertz CT molecular complexity index is 2120. The summed E-state index contributed by atoms with van der Waals surface area (Å²) in [6.45, 7) is 12.1. The molecule has 0 bridgehead atoms. The van der Waals surface area contributed by atoms with E-state index in [1.165, 1.54) is 19.3 Å². The Labute approximate surface area is 341 Å². The maximum absolute atomic E-state index is 14.0. The van der Waals surface area contributed by atoms with E-state index in [1.54, 1.807) is 0 Å². The highest BCUT2D eigenvalue weighted by molar-refractivity contribution is 6.32. The second-order valence-corrected chi connectivity index (χ2v) is 17.1. The van der Waals surface area contributed by atoms with E-state index < -0.39 is 0 Å². The molecule has 2 N–H and O–H groups in total. The molecule has 13 heteroatoms. The van der Waals surface area contributed by atoms with Crippen LogP contribution in [0.1, 0.15) is 90.7 Å². The summed E-state index contributed by atoms with van der Waals surface area (Å²) in [7, 11) is 0. The topological polar surface area (TPSA) is 114 Å². The lowest BCUT2D eigenvalue weighted by atomic mass is 9.84. The lowest BCUT2D eigenvalue weighted by molar-refractivity contribution is 0.178. The Morgan fingerprint density at radius 3 is 2.51 bits per heavy atom. The zero-order chi connectivity index (χ0) is 39.4. The second-order valence-electron chi connectivity index (χ2n) is 16.7. The lowest BCUT2D eigenvalue weighted by Gasteiger charge is -2.33. The van der Waals surface area contributed by atoms with E-state index in [-0.39, 0.29) is 23.6 Å². The Morgan fingerprint density at radius 1 is 0.947 bits per heavy atom. The van der Waals surface area contributed by atoms with Crippen LogP contribution < -0.4 is 20.3 Å². The van der Waals surface area contributed by atoms with Crippen LogP contribution in [0.25, 0.3) is 11.3 Å². The molecule has 2 fully saturated rings. The minimum atomic E-state index is -0.292. The Morgan fingerprint density at radius 2 is 1.72 bits per heavy atom. The molecule has 57 heavy (non-hydrogen) atoms. The summed E-state index contributed by atoms with van der Waals surface area (Å²) in [5, 5.41) is 21.0. The summed E-state index contributed by atoms with van der Waals surface area (Å²) in [6.07, 6.45) is 26.4. The van der Waals surface area contributed by atoms with Gasteiger partial charge in [0.2, 0.25) is 5.95 Å². The zero-order valence-electron chi connectivity index (χ0n) is 33.6. The fourth-order valence-corrected chi connectivity index (χ4v) is 8.47. The highest BCUT2D eigenvalue weighted by Crippen LogP contribution is 2.34. The number of carbonyl (C=O) groups excluding carboxylic acids is 1. The standard InChI is InChI=1S/C44H56ClN9O3/c1-44(2,3)39-29-41(54(50-39)31-15-18-35(45)38(20-16-31)56-28-27-51-23-11-12-24-51)47-42(55)46-36-19-21-37(34-14-8-5-4-7-13-33(34)36)57-32-17-22-40-48-49-43(53(40)30-32)52-25-9-6-10-26-52/h7-8,13-15,17-18,20,22,29-30,36-37H,4-6,9-12,16,19,21,23-28H2,1-3H3,(H2,46,47,55)/b13-7-,14-8-/t36-,37+/m0/s1. The molecule has 3 aromatic rings. The third kappa shape index (κ3) is 9.17. The van der Waals surface area contributed by atoms with Gasteiger partial charge in [0, 0.05) is 43.2 Å². The van der Waals surface area contributed by atoms with Crippen LogP contribution in [0, 0.1) is 0 Å². The van der Waals surface area contributed by atoms with Crippen molar-refractivity contribution in [3.8, 4) is 5.75 Å². The molecule has 3 aromatic heterocycles. The first-order valence-corrected chi connectivity index (χ1v) is 21.2. The van der Waals surface area contributed by atoms with Gasteiger partial charge in [-0.05, 0) is 112 Å². The van der Waals surface area contributed by atoms with Gasteiger partial charge < -0.3 is 19.7 Å². The van der Waals surface area contributed by atoms with Gasteiger partial charge in [-0.1, -0.05) is 56.7 Å². The summed E-state index contributed by atoms with van der Waals surface area (Å²) in [6, 6.07) is 5.42. The van der Waals surface area contributed by atoms with Crippen molar-refractivity contribution in [1.82, 2.24) is 34.6 Å². The molecule has 2 aliphatic heterocycles. The molecular formula is C44H56ClN9O3. The molecule has 0 saturated carbocycles. The Hall–Kier alpha value is -4.81. The number of hydrogen-bond acceptors (Lipinski definition) is 8. The van der Waals surface area contributed by atoms with Crippen molar-refractivity contribution < 1.29 is 14.3 Å². The number of nitrogens with one attached hydrogen (secondary N) is 2. The Balaban J connectivity index is 0.986. The van der Waals surface area contributed by atoms with Crippen molar-refractivity contribution in [3.63, 3.8) is 0 Å². The number of likely N-dealkylation sites (tertiary alicyclic amines) is 1. The van der Waals surface area contributed by atoms with E-state index in [4.69, 9.17) is 26.2 Å². The minimum Gasteiger partial charge on any atom is -0.491 e. The normalized spacial score (nSPS) is 23.1. The fraction of sp³-hybridized carbons (Fsp3) is 0.500. The van der Waals surface area contributed by atoms with Crippen LogP contribution in [0.2, 0.25) is 0 Å². The van der Waals surface area contributed by atoms with E-state index in [0.29, 0.717) is 29.6 Å². The summed E-state index contributed by atoms with van der Waals surface area (Å²) < 4.78 is 16.8. The largest absolute Gasteiger partial charge is 0.491 e. The highest BCUT2D eigenvalue weighted by atomic mass is 35.5. The number of hydrogen-bond donors (Lipinski definition) is 2. The first-order chi connectivity index (χ1) is 27.7. The third-order valence-corrected chi connectivity index (χ3v) is 11.8. The number of nitrogens with zero attached hydrogens (tertiary/aromatic N) is 7. The molecule has 2 atom stereocenters. The number of fused-ring (bicyclic) bond motifs is 1. The SMILES string of the molecule is CC(C)(C)c1cc(NC(=O)N[C@H]2CC[C@@H](Oc3ccc4nnc(N5CCCCC5)n4c3)C3=C2/C=C\CC/C=C\3)n(C2=CC=C(Cl)C(OCCN3CCCC3)=CC2)n1. The number of anilines is 2. The van der Waals surface area contributed by atoms with E-state index in [1.807, 2.05) is 51.7 Å². The van der Waals surface area contributed by atoms with Gasteiger partial charge in [0.15, 0.2) is 5.65 Å². The Kier molecular flexibility index (Phi) is 11.9. The van der Waals surface area contributed by atoms with Crippen LogP contribution in [0.15, 0.2) is 88.9 Å². The van der Waals surface area contributed by atoms with E-state index in [9.17, 15) is 4.79 Å². The van der Waals surface area contributed by atoms with Crippen LogP contribution in [0.5, 0.6) is 5.75 Å². The van der Waals surface area contributed by atoms with Gasteiger partial charge in [-0.25, -0.2) is 9.48 Å². The molecular weight excluding hydrogens is 738 g/mol. The predicted molar refractivity (Wildman–Crippen MR) is 227 cm³/mol. The van der Waals surface area contributed by atoms with Crippen LogP contribution >= 0.6 is 11.6 Å². The molecule has 8 rings (SSSR count). The van der Waals surface area contributed by atoms with Gasteiger partial charge >= 0.3 is 6.03 Å². The van der Waals surface area contributed by atoms with Crippen LogP contribution in [0.4, 0.5) is 16.6 Å². The van der Waals surface area contributed by atoms with E-state index in [0.717, 1.165) is 111 Å². The van der Waals surface area contributed by atoms with Gasteiger partial charge in [0.05, 0.1) is 23.0 Å². The molecule has 5 aliphatic rings. The predicted octanol–water partition coefficient (Wildman–Crippen LogP) is 8.51. The monoisotopic (exact) mass is 793 g/mol. The van der Waals surface area contributed by atoms with Gasteiger partial charge in [0.1, 0.15) is 30.0 Å². The number of piperidine rings is 1. The van der Waals surface area contributed by atoms with Gasteiger partial charge in [-0.3, -0.25) is 14.6 Å². The number of aromatic nitrogens is 5. The van der Waals surface area contributed by atoms with Gasteiger partial charge in [-0.2, -0.15) is 5.10 Å². The fourth-order valence-electron chi connectivity index (χ4n) is 8.28. The van der Waals surface area contributed by atoms with Crippen molar-refractivity contribution in [2.45, 2.75) is 103 Å². The molecule has 2 amide bonds. The number of urea groups is 1. The van der Waals surface area contributed by atoms with E-state index >= 15 is 0 Å². The summed E-state index contributed by atoms with van der Waals surface area (Å²) in [5.41, 5.74) is 4.46. The number of halogens is 1. The van der Waals surface area contributed by atoms with Crippen LogP contribution in [-0.2, 0) is 10.2 Å². The molecule has 2 saturated heterocycles. The molecule has 0 radical (unpaired) electrons. The number of amides is 2. The highest BCUT2D eigenvalue weighted by Gasteiger charge is 2.31. The quantitative estimate of drug-likeness (QED) is 0.210. The van der Waals surface area contributed by atoms with Gasteiger partial charge in [0.25, 0.3) is 0 Å². The number of pyridine rings is 1. The van der Waals surface area contributed by atoms with E-state index in [2.05, 4.69) is 75.7 Å². The number of carbonyl (C=O) groups is 1. The third-order valence-electron chi connectivity index (χ3n) is 11.5. The second kappa shape index (κ2) is 17.4. The average Bonchev–Trinajstić information content (AvgIpc) is 3.94. The maximum atomic E-state index is 14.0. The van der Waals surface area contributed by atoms with Crippen molar-refractivity contribution in [1.29, 1.82) is 0 Å². The molecule has 0 spiro atoms. The van der Waals surface area contributed by atoms with Crippen molar-refractivity contribution >= 4 is 40.7 Å². The van der Waals surface area contributed by atoms with Crippen LogP contribution in [0.3, 0.4) is 0 Å². The smallest absolute Gasteiger partial charge is 0.320 e.